The predicted octanol–water partition coefficient (Wildman–Crippen LogP) is 6.09. The van der Waals surface area contributed by atoms with E-state index >= 15 is 0 Å². The Morgan fingerprint density at radius 2 is 1.50 bits per heavy atom. The molecule has 0 bridgehead atoms. The van der Waals surface area contributed by atoms with Crippen molar-refractivity contribution in [1.82, 2.24) is 30.4 Å². The van der Waals surface area contributed by atoms with E-state index in [1.807, 2.05) is 66.4 Å². The largest absolute Gasteiger partial charge is 0.351 e. The molecule has 0 amide bonds. The molecule has 0 saturated carbocycles. The Morgan fingerprint density at radius 1 is 0.833 bits per heavy atom. The molecule has 1 aliphatic heterocycles. The number of nitrogens with one attached hydrogen (secondary N) is 1. The first-order valence-corrected chi connectivity index (χ1v) is 12.1. The first kappa shape index (κ1) is 23.7. The van der Waals surface area contributed by atoms with Crippen molar-refractivity contribution in [2.45, 2.75) is 39.3 Å². The van der Waals surface area contributed by atoms with Gasteiger partial charge in [-0.25, -0.2) is 13.9 Å². The smallest absolute Gasteiger partial charge is 0.279 e. The standard InChI is InChI=1S/C28H28F2N6/c1-2-8-25-26(27(29)30)36(18-20-9-4-3-5-10-20)19-35(25)17-21-13-15-22(16-14-21)23-11-6-7-12-24(23)28-31-33-34-32-28/h3-7,9-16,27H,2,8,17-19H2,1H3,(H,31,32,33,34). The van der Waals surface area contributed by atoms with Crippen molar-refractivity contribution in [3.8, 4) is 22.5 Å². The summed E-state index contributed by atoms with van der Waals surface area (Å²) in [6.45, 7) is 3.53. The van der Waals surface area contributed by atoms with Gasteiger partial charge in [-0.3, -0.25) is 0 Å². The molecule has 4 aromatic rings. The van der Waals surface area contributed by atoms with Crippen LogP contribution in [0.4, 0.5) is 8.78 Å². The maximum absolute atomic E-state index is 14.2. The van der Waals surface area contributed by atoms with Gasteiger partial charge in [-0.1, -0.05) is 92.2 Å². The quantitative estimate of drug-likeness (QED) is 0.310. The SMILES string of the molecule is CCCC1=C(C(F)F)N(Cc2ccccc2)CN1Cc1ccc(-c2ccccc2-c2nnn[nH]2)cc1. The van der Waals surface area contributed by atoms with Crippen molar-refractivity contribution < 1.29 is 8.78 Å². The number of aromatic nitrogens is 4. The molecular formula is C28H28F2N6. The maximum Gasteiger partial charge on any atom is 0.279 e. The Labute approximate surface area is 209 Å². The molecule has 8 heteroatoms. The predicted molar refractivity (Wildman–Crippen MR) is 135 cm³/mol. The fourth-order valence-electron chi connectivity index (χ4n) is 4.81. The number of hydrogen-bond acceptors (Lipinski definition) is 5. The molecule has 0 unspecified atom stereocenters. The van der Waals surface area contributed by atoms with E-state index in [9.17, 15) is 8.78 Å². The molecule has 6 nitrogen and oxygen atoms in total. The third-order valence-electron chi connectivity index (χ3n) is 6.44. The van der Waals surface area contributed by atoms with Crippen LogP contribution in [0, 0.1) is 0 Å². The van der Waals surface area contributed by atoms with Crippen molar-refractivity contribution in [2.75, 3.05) is 6.67 Å². The van der Waals surface area contributed by atoms with Gasteiger partial charge in [0.2, 0.25) is 0 Å². The average Bonchev–Trinajstić information content (AvgIpc) is 3.54. The van der Waals surface area contributed by atoms with Crippen LogP contribution in [0.1, 0.15) is 30.9 Å². The van der Waals surface area contributed by atoms with Gasteiger partial charge in [0.25, 0.3) is 6.43 Å². The van der Waals surface area contributed by atoms with Crippen molar-refractivity contribution >= 4 is 0 Å². The van der Waals surface area contributed by atoms with E-state index in [4.69, 9.17) is 0 Å². The Balaban J connectivity index is 1.38. The van der Waals surface area contributed by atoms with Gasteiger partial charge >= 0.3 is 0 Å². The number of allylic oxidation sites excluding steroid dienone is 2. The molecule has 1 aliphatic rings. The summed E-state index contributed by atoms with van der Waals surface area (Å²) in [4.78, 5) is 3.91. The monoisotopic (exact) mass is 486 g/mol. The molecule has 3 aromatic carbocycles. The first-order chi connectivity index (χ1) is 17.6. The van der Waals surface area contributed by atoms with Gasteiger partial charge in [-0.15, -0.1) is 5.10 Å². The normalized spacial score (nSPS) is 13.8. The third-order valence-corrected chi connectivity index (χ3v) is 6.44. The summed E-state index contributed by atoms with van der Waals surface area (Å²) >= 11 is 0. The van der Waals surface area contributed by atoms with Crippen molar-refractivity contribution in [3.63, 3.8) is 0 Å². The summed E-state index contributed by atoms with van der Waals surface area (Å²) < 4.78 is 28.5. The lowest BCUT2D eigenvalue weighted by Crippen LogP contribution is -2.28. The lowest BCUT2D eigenvalue weighted by Gasteiger charge is -2.25. The van der Waals surface area contributed by atoms with E-state index in [0.29, 0.717) is 32.0 Å². The summed E-state index contributed by atoms with van der Waals surface area (Å²) in [6, 6.07) is 26.0. The number of nitrogens with zero attached hydrogens (tertiary/aromatic N) is 5. The fourth-order valence-corrected chi connectivity index (χ4v) is 4.81. The summed E-state index contributed by atoms with van der Waals surface area (Å²) in [5.41, 5.74) is 5.98. The molecule has 0 saturated heterocycles. The zero-order valence-corrected chi connectivity index (χ0v) is 20.1. The van der Waals surface area contributed by atoms with Crippen LogP contribution in [-0.4, -0.2) is 43.5 Å². The van der Waals surface area contributed by atoms with Gasteiger partial charge in [0.1, 0.15) is 5.70 Å². The van der Waals surface area contributed by atoms with Gasteiger partial charge in [0.15, 0.2) is 5.82 Å². The van der Waals surface area contributed by atoms with Crippen LogP contribution >= 0.6 is 0 Å². The minimum absolute atomic E-state index is 0.159. The summed E-state index contributed by atoms with van der Waals surface area (Å²) in [6.07, 6.45) is -1.07. The second kappa shape index (κ2) is 10.7. The van der Waals surface area contributed by atoms with Crippen LogP contribution < -0.4 is 0 Å². The lowest BCUT2D eigenvalue weighted by molar-refractivity contribution is 0.135. The number of alkyl halides is 2. The van der Waals surface area contributed by atoms with Crippen LogP contribution in [0.3, 0.4) is 0 Å². The molecule has 0 fully saturated rings. The molecule has 36 heavy (non-hydrogen) atoms. The highest BCUT2D eigenvalue weighted by molar-refractivity contribution is 5.80. The molecule has 0 aliphatic carbocycles. The van der Waals surface area contributed by atoms with E-state index in [0.717, 1.165) is 39.9 Å². The van der Waals surface area contributed by atoms with Crippen LogP contribution in [0.15, 0.2) is 90.3 Å². The number of hydrogen-bond donors (Lipinski definition) is 1. The molecular weight excluding hydrogens is 458 g/mol. The second-order valence-corrected chi connectivity index (χ2v) is 8.90. The van der Waals surface area contributed by atoms with E-state index < -0.39 is 6.43 Å². The lowest BCUT2D eigenvalue weighted by atomic mass is 9.98. The van der Waals surface area contributed by atoms with E-state index in [1.165, 1.54) is 0 Å². The van der Waals surface area contributed by atoms with E-state index in [2.05, 4.69) is 49.8 Å². The summed E-state index contributed by atoms with van der Waals surface area (Å²) in [7, 11) is 0. The van der Waals surface area contributed by atoms with Crippen molar-refractivity contribution in [1.29, 1.82) is 0 Å². The topological polar surface area (TPSA) is 60.9 Å². The van der Waals surface area contributed by atoms with Gasteiger partial charge in [-0.05, 0) is 39.1 Å². The molecule has 0 radical (unpaired) electrons. The van der Waals surface area contributed by atoms with E-state index in [1.54, 1.807) is 0 Å². The second-order valence-electron chi connectivity index (χ2n) is 8.90. The molecule has 0 atom stereocenters. The van der Waals surface area contributed by atoms with Gasteiger partial charge in [-0.2, -0.15) is 0 Å². The Morgan fingerprint density at radius 3 is 2.17 bits per heavy atom. The fraction of sp³-hybridized carbons (Fsp3) is 0.250. The minimum Gasteiger partial charge on any atom is -0.351 e. The third kappa shape index (κ3) is 4.98. The summed E-state index contributed by atoms with van der Waals surface area (Å²) in [5.74, 6) is 0.610. The number of aromatic amines is 1. The average molecular weight is 487 g/mol. The zero-order chi connectivity index (χ0) is 24.9. The number of H-pyrrole nitrogens is 1. The minimum atomic E-state index is -2.51. The molecule has 0 spiro atoms. The Kier molecular flexibility index (Phi) is 7.02. The molecule has 1 N–H and O–H groups in total. The van der Waals surface area contributed by atoms with Crippen LogP contribution in [0.2, 0.25) is 0 Å². The Hall–Kier alpha value is -4.07. The van der Waals surface area contributed by atoms with Crippen LogP contribution in [0.5, 0.6) is 0 Å². The number of halogens is 2. The summed E-state index contributed by atoms with van der Waals surface area (Å²) in [5, 5.41) is 14.3. The highest BCUT2D eigenvalue weighted by Gasteiger charge is 2.33. The highest BCUT2D eigenvalue weighted by Crippen LogP contribution is 2.34. The van der Waals surface area contributed by atoms with Gasteiger partial charge < -0.3 is 9.80 Å². The molecule has 5 rings (SSSR count). The van der Waals surface area contributed by atoms with Crippen LogP contribution in [-0.2, 0) is 13.1 Å². The zero-order valence-electron chi connectivity index (χ0n) is 20.1. The van der Waals surface area contributed by atoms with Crippen molar-refractivity contribution in [2.24, 2.45) is 0 Å². The number of benzene rings is 3. The molecule has 2 heterocycles. The van der Waals surface area contributed by atoms with Crippen LogP contribution in [0.25, 0.3) is 22.5 Å². The van der Waals surface area contributed by atoms with E-state index in [-0.39, 0.29) is 5.70 Å². The van der Waals surface area contributed by atoms with Crippen molar-refractivity contribution in [3.05, 3.63) is 101 Å². The maximum atomic E-state index is 14.2. The van der Waals surface area contributed by atoms with Gasteiger partial charge in [0.05, 0.1) is 6.67 Å². The molecule has 184 valence electrons. The number of rotatable bonds is 9. The highest BCUT2D eigenvalue weighted by atomic mass is 19.3. The first-order valence-electron chi connectivity index (χ1n) is 12.1. The van der Waals surface area contributed by atoms with Gasteiger partial charge in [0, 0.05) is 24.4 Å². The Bertz CT molecular complexity index is 1300. The number of tetrazole rings is 1. The molecule has 1 aromatic heterocycles.